The van der Waals surface area contributed by atoms with Gasteiger partial charge in [-0.05, 0) is 6.92 Å². The van der Waals surface area contributed by atoms with Crippen LogP contribution >= 0.6 is 19.2 Å². The minimum absolute atomic E-state index is 0.0414. The number of rotatable bonds is 4. The van der Waals surface area contributed by atoms with Crippen molar-refractivity contribution < 1.29 is 18.9 Å². The zero-order valence-corrected chi connectivity index (χ0v) is 8.68. The summed E-state index contributed by atoms with van der Waals surface area (Å²) in [5.41, 5.74) is 2.55. The topological polar surface area (TPSA) is 82.5 Å². The van der Waals surface area contributed by atoms with Crippen LogP contribution in [0.15, 0.2) is 5.51 Å². The molecule has 0 amide bonds. The van der Waals surface area contributed by atoms with Crippen LogP contribution in [0.2, 0.25) is 0 Å². The molecule has 0 bridgehead atoms. The molecule has 1 rings (SSSR count). The van der Waals surface area contributed by atoms with Gasteiger partial charge in [0.15, 0.2) is 0 Å². The number of phosphoric acid groups is 1. The number of nitrogens with zero attached hydrogens (tertiary/aromatic N) is 1. The average molecular weight is 222 g/mol. The fourth-order valence-corrected chi connectivity index (χ4v) is 1.90. The highest BCUT2D eigenvalue weighted by Gasteiger charge is 2.04. The summed E-state index contributed by atoms with van der Waals surface area (Å²) in [4.78, 5) is 23.4. The van der Waals surface area contributed by atoms with E-state index < -0.39 is 7.82 Å². The molecule has 7 heteroatoms. The number of aromatic nitrogens is 1. The standard InChI is InChI=1S/C6H10NO4PS/c1-5-6(13-4-7-5)2-3-11-12(8,9)10/h4H,2-3H2,1H3,(H2,8,9,10)/p-1. The van der Waals surface area contributed by atoms with E-state index in [1.807, 2.05) is 6.92 Å². The Morgan fingerprint density at radius 3 is 3.00 bits per heavy atom. The summed E-state index contributed by atoms with van der Waals surface area (Å²) in [6.45, 7) is 1.79. The fourth-order valence-electron chi connectivity index (χ4n) is 0.820. The molecule has 0 aliphatic heterocycles. The molecule has 0 aliphatic carbocycles. The van der Waals surface area contributed by atoms with E-state index in [1.54, 1.807) is 5.51 Å². The van der Waals surface area contributed by atoms with E-state index in [0.717, 1.165) is 10.6 Å². The fraction of sp³-hybridized carbons (Fsp3) is 0.500. The van der Waals surface area contributed by atoms with Gasteiger partial charge >= 0.3 is 0 Å². The molecule has 0 aromatic carbocycles. The van der Waals surface area contributed by atoms with E-state index in [4.69, 9.17) is 4.89 Å². The van der Waals surface area contributed by atoms with Crippen molar-refractivity contribution in [3.05, 3.63) is 16.1 Å². The molecule has 0 saturated carbocycles. The van der Waals surface area contributed by atoms with Gasteiger partial charge in [-0.2, -0.15) is 0 Å². The molecule has 74 valence electrons. The molecule has 1 N–H and O–H groups in total. The third-order valence-electron chi connectivity index (χ3n) is 1.43. The zero-order chi connectivity index (χ0) is 9.90. The molecule has 0 saturated heterocycles. The van der Waals surface area contributed by atoms with E-state index in [0.29, 0.717) is 6.42 Å². The molecular formula is C6H9NO4PS-. The molecule has 1 atom stereocenters. The molecular weight excluding hydrogens is 213 g/mol. The predicted molar refractivity (Wildman–Crippen MR) is 46.3 cm³/mol. The van der Waals surface area contributed by atoms with Crippen LogP contribution in [0.3, 0.4) is 0 Å². The maximum absolute atomic E-state index is 10.2. The summed E-state index contributed by atoms with van der Waals surface area (Å²) < 4.78 is 14.4. The SMILES string of the molecule is Cc1ncsc1CCOP(=O)([O-])O. The lowest BCUT2D eigenvalue weighted by molar-refractivity contribution is -0.219. The number of aryl methyl sites for hydroxylation is 1. The van der Waals surface area contributed by atoms with Crippen LogP contribution in [-0.4, -0.2) is 16.5 Å². The number of hydrogen-bond acceptors (Lipinski definition) is 5. The van der Waals surface area contributed by atoms with Crippen LogP contribution in [0.1, 0.15) is 10.6 Å². The Hall–Kier alpha value is -0.260. The van der Waals surface area contributed by atoms with Crippen molar-refractivity contribution in [2.24, 2.45) is 0 Å². The number of hydrogen-bond donors (Lipinski definition) is 1. The molecule has 0 aliphatic rings. The first-order valence-corrected chi connectivity index (χ1v) is 5.94. The summed E-state index contributed by atoms with van der Waals surface area (Å²) in [6.07, 6.45) is 0.448. The molecule has 0 radical (unpaired) electrons. The minimum atomic E-state index is -4.56. The lowest BCUT2D eigenvalue weighted by Gasteiger charge is -2.14. The lowest BCUT2D eigenvalue weighted by Crippen LogP contribution is -2.05. The van der Waals surface area contributed by atoms with Gasteiger partial charge in [0.2, 0.25) is 0 Å². The Morgan fingerprint density at radius 2 is 2.54 bits per heavy atom. The summed E-state index contributed by atoms with van der Waals surface area (Å²) in [5, 5.41) is 0. The highest BCUT2D eigenvalue weighted by molar-refractivity contribution is 7.44. The van der Waals surface area contributed by atoms with Crippen LogP contribution in [0.5, 0.6) is 0 Å². The van der Waals surface area contributed by atoms with Crippen molar-refractivity contribution in [2.45, 2.75) is 13.3 Å². The molecule has 0 fully saturated rings. The first kappa shape index (κ1) is 10.8. The van der Waals surface area contributed by atoms with Crippen molar-refractivity contribution in [3.8, 4) is 0 Å². The minimum Gasteiger partial charge on any atom is -0.756 e. The van der Waals surface area contributed by atoms with Gasteiger partial charge in [0.05, 0.1) is 17.8 Å². The Labute approximate surface area is 79.6 Å². The van der Waals surface area contributed by atoms with E-state index >= 15 is 0 Å². The number of thiazole rings is 1. The van der Waals surface area contributed by atoms with Gasteiger partial charge < -0.3 is 14.3 Å². The van der Waals surface area contributed by atoms with Gasteiger partial charge in [0.25, 0.3) is 7.82 Å². The van der Waals surface area contributed by atoms with Crippen LogP contribution in [0.4, 0.5) is 0 Å². The second kappa shape index (κ2) is 4.30. The van der Waals surface area contributed by atoms with E-state index in [9.17, 15) is 9.46 Å². The van der Waals surface area contributed by atoms with Crippen LogP contribution in [0.25, 0.3) is 0 Å². The summed E-state index contributed by atoms with van der Waals surface area (Å²) >= 11 is 1.44. The zero-order valence-electron chi connectivity index (χ0n) is 6.97. The van der Waals surface area contributed by atoms with Crippen molar-refractivity contribution in [1.82, 2.24) is 4.98 Å². The normalized spacial score (nSPS) is 15.6. The van der Waals surface area contributed by atoms with Crippen molar-refractivity contribution in [3.63, 3.8) is 0 Å². The quantitative estimate of drug-likeness (QED) is 0.749. The number of phosphoric ester groups is 1. The highest BCUT2D eigenvalue weighted by Crippen LogP contribution is 2.30. The second-order valence-electron chi connectivity index (χ2n) is 2.41. The smallest absolute Gasteiger partial charge is 0.265 e. The molecule has 1 heterocycles. The Bertz CT molecular complexity index is 320. The molecule has 5 nitrogen and oxygen atoms in total. The molecule has 1 aromatic rings. The van der Waals surface area contributed by atoms with E-state index in [2.05, 4.69) is 9.51 Å². The first-order chi connectivity index (χ1) is 5.99. The monoisotopic (exact) mass is 222 g/mol. The lowest BCUT2D eigenvalue weighted by atomic mass is 10.3. The average Bonchev–Trinajstić information content (AvgIpc) is 2.34. The van der Waals surface area contributed by atoms with Crippen LogP contribution in [-0.2, 0) is 15.5 Å². The highest BCUT2D eigenvalue weighted by atomic mass is 32.1. The molecule has 1 aromatic heterocycles. The van der Waals surface area contributed by atoms with Crippen LogP contribution in [0, 0.1) is 6.92 Å². The van der Waals surface area contributed by atoms with Gasteiger partial charge in [-0.25, -0.2) is 4.98 Å². The first-order valence-electron chi connectivity index (χ1n) is 3.56. The third kappa shape index (κ3) is 3.97. The van der Waals surface area contributed by atoms with Gasteiger partial charge in [-0.3, -0.25) is 4.57 Å². The van der Waals surface area contributed by atoms with E-state index in [1.165, 1.54) is 11.3 Å². The van der Waals surface area contributed by atoms with Gasteiger partial charge in [-0.15, -0.1) is 11.3 Å². The molecule has 1 unspecified atom stereocenters. The second-order valence-corrected chi connectivity index (χ2v) is 4.55. The third-order valence-corrected chi connectivity index (χ3v) is 2.93. The van der Waals surface area contributed by atoms with Gasteiger partial charge in [0.1, 0.15) is 0 Å². The maximum Gasteiger partial charge on any atom is 0.265 e. The maximum atomic E-state index is 10.2. The predicted octanol–water partition coefficient (Wildman–Crippen LogP) is 0.471. The molecule has 0 spiro atoms. The summed E-state index contributed by atoms with van der Waals surface area (Å²) in [6, 6.07) is 0. The Balaban J connectivity index is 2.36. The van der Waals surface area contributed by atoms with Crippen LogP contribution < -0.4 is 4.89 Å². The Morgan fingerprint density at radius 1 is 1.85 bits per heavy atom. The summed E-state index contributed by atoms with van der Waals surface area (Å²) in [7, 11) is -4.56. The van der Waals surface area contributed by atoms with Gasteiger partial charge in [-0.1, -0.05) is 0 Å². The van der Waals surface area contributed by atoms with Crippen molar-refractivity contribution in [1.29, 1.82) is 0 Å². The van der Waals surface area contributed by atoms with Crippen molar-refractivity contribution >= 4 is 19.2 Å². The summed E-state index contributed by atoms with van der Waals surface area (Å²) in [5.74, 6) is 0. The van der Waals surface area contributed by atoms with E-state index in [-0.39, 0.29) is 6.61 Å². The largest absolute Gasteiger partial charge is 0.756 e. The molecule has 13 heavy (non-hydrogen) atoms. The van der Waals surface area contributed by atoms with Gasteiger partial charge in [0, 0.05) is 11.3 Å². The Kier molecular flexibility index (Phi) is 3.58. The van der Waals surface area contributed by atoms with Crippen molar-refractivity contribution in [2.75, 3.05) is 6.61 Å².